The van der Waals surface area contributed by atoms with Gasteiger partial charge in [-0.25, -0.2) is 0 Å². The summed E-state index contributed by atoms with van der Waals surface area (Å²) in [6.07, 6.45) is 4.97. The molecule has 2 rings (SSSR count). The van der Waals surface area contributed by atoms with Crippen molar-refractivity contribution in [3.63, 3.8) is 0 Å². The summed E-state index contributed by atoms with van der Waals surface area (Å²) in [5, 5.41) is 3.10. The minimum Gasteiger partial charge on any atom is -0.351 e. The Morgan fingerprint density at radius 1 is 1.33 bits per heavy atom. The van der Waals surface area contributed by atoms with Gasteiger partial charge in [-0.05, 0) is 50.3 Å². The molecule has 118 valence electrons. The molecule has 1 saturated carbocycles. The summed E-state index contributed by atoms with van der Waals surface area (Å²) in [6, 6.07) is 7.80. The minimum absolute atomic E-state index is 0. The topological polar surface area (TPSA) is 55.1 Å². The van der Waals surface area contributed by atoms with E-state index >= 15 is 0 Å². The fourth-order valence-electron chi connectivity index (χ4n) is 2.86. The van der Waals surface area contributed by atoms with E-state index in [-0.39, 0.29) is 24.4 Å². The zero-order valence-corrected chi connectivity index (χ0v) is 15.0. The average molecular weight is 376 g/mol. The van der Waals surface area contributed by atoms with Gasteiger partial charge in [-0.3, -0.25) is 4.79 Å². The molecule has 1 aliphatic rings. The molecule has 0 aliphatic heterocycles. The van der Waals surface area contributed by atoms with Crippen LogP contribution in [0.3, 0.4) is 0 Å². The number of carbonyl (C=O) groups is 1. The summed E-state index contributed by atoms with van der Waals surface area (Å²) < 4.78 is 0.983. The van der Waals surface area contributed by atoms with Crippen LogP contribution in [0.1, 0.15) is 45.1 Å². The van der Waals surface area contributed by atoms with Crippen LogP contribution in [0.15, 0.2) is 28.7 Å². The summed E-state index contributed by atoms with van der Waals surface area (Å²) in [4.78, 5) is 12.5. The van der Waals surface area contributed by atoms with Gasteiger partial charge in [-0.2, -0.15) is 0 Å². The number of rotatable bonds is 4. The molecule has 0 saturated heterocycles. The number of nitrogens with one attached hydrogen (secondary N) is 1. The lowest BCUT2D eigenvalue weighted by molar-refractivity contribution is -0.127. The van der Waals surface area contributed by atoms with Gasteiger partial charge in [0.1, 0.15) is 5.54 Å². The van der Waals surface area contributed by atoms with Gasteiger partial charge in [0.05, 0.1) is 0 Å². The lowest BCUT2D eigenvalue weighted by atomic mass is 9.91. The first-order valence-corrected chi connectivity index (χ1v) is 8.06. The summed E-state index contributed by atoms with van der Waals surface area (Å²) in [5.74, 6) is 0.499. The first-order chi connectivity index (χ1) is 9.41. The second kappa shape index (κ2) is 7.61. The molecule has 5 heteroatoms. The van der Waals surface area contributed by atoms with Crippen molar-refractivity contribution >= 4 is 34.2 Å². The van der Waals surface area contributed by atoms with Crippen LogP contribution in [0.5, 0.6) is 0 Å². The standard InChI is InChI=1S/C16H23BrN2O.ClH/c1-11(12-5-3-4-6-12)19-15(20)16(2,18)13-7-9-14(17)10-8-13;/h7-12H,3-6,18H2,1-2H3,(H,19,20);1H. The molecule has 1 amide bonds. The van der Waals surface area contributed by atoms with Crippen molar-refractivity contribution in [3.05, 3.63) is 34.3 Å². The van der Waals surface area contributed by atoms with Crippen molar-refractivity contribution in [2.75, 3.05) is 0 Å². The van der Waals surface area contributed by atoms with Crippen LogP contribution in [0.4, 0.5) is 0 Å². The van der Waals surface area contributed by atoms with E-state index in [2.05, 4.69) is 28.2 Å². The number of amides is 1. The van der Waals surface area contributed by atoms with E-state index in [0.29, 0.717) is 5.92 Å². The Morgan fingerprint density at radius 2 is 1.86 bits per heavy atom. The maximum atomic E-state index is 12.5. The van der Waals surface area contributed by atoms with E-state index < -0.39 is 5.54 Å². The third-order valence-electron chi connectivity index (χ3n) is 4.38. The van der Waals surface area contributed by atoms with Crippen molar-refractivity contribution in [1.29, 1.82) is 0 Å². The van der Waals surface area contributed by atoms with Gasteiger partial charge in [0.15, 0.2) is 0 Å². The number of carbonyl (C=O) groups excluding carboxylic acids is 1. The van der Waals surface area contributed by atoms with Crippen LogP contribution < -0.4 is 11.1 Å². The zero-order valence-electron chi connectivity index (χ0n) is 12.6. The Labute approximate surface area is 141 Å². The van der Waals surface area contributed by atoms with Gasteiger partial charge < -0.3 is 11.1 Å². The molecule has 2 unspecified atom stereocenters. The van der Waals surface area contributed by atoms with Crippen LogP contribution in [0, 0.1) is 5.92 Å². The van der Waals surface area contributed by atoms with Gasteiger partial charge in [0.2, 0.25) is 5.91 Å². The predicted molar refractivity (Wildman–Crippen MR) is 92.5 cm³/mol. The maximum absolute atomic E-state index is 12.5. The molecule has 21 heavy (non-hydrogen) atoms. The minimum atomic E-state index is -0.992. The highest BCUT2D eigenvalue weighted by Crippen LogP contribution is 2.28. The second-order valence-corrected chi connectivity index (χ2v) is 6.93. The monoisotopic (exact) mass is 374 g/mol. The summed E-state index contributed by atoms with van der Waals surface area (Å²) >= 11 is 3.39. The number of hydrogen-bond donors (Lipinski definition) is 2. The second-order valence-electron chi connectivity index (χ2n) is 6.02. The molecule has 1 aliphatic carbocycles. The van der Waals surface area contributed by atoms with E-state index in [9.17, 15) is 4.79 Å². The highest BCUT2D eigenvalue weighted by atomic mass is 79.9. The van der Waals surface area contributed by atoms with Gasteiger partial charge >= 0.3 is 0 Å². The molecule has 1 fully saturated rings. The summed E-state index contributed by atoms with van der Waals surface area (Å²) in [6.45, 7) is 3.86. The molecule has 1 aromatic rings. The predicted octanol–water partition coefficient (Wildman–Crippen LogP) is 3.74. The first kappa shape index (κ1) is 18.5. The molecule has 3 N–H and O–H groups in total. The average Bonchev–Trinajstić information content (AvgIpc) is 2.93. The zero-order chi connectivity index (χ0) is 14.8. The normalized spacial score (nSPS) is 19.4. The first-order valence-electron chi connectivity index (χ1n) is 7.27. The largest absolute Gasteiger partial charge is 0.351 e. The summed E-state index contributed by atoms with van der Waals surface area (Å²) in [7, 11) is 0. The number of benzene rings is 1. The van der Waals surface area contributed by atoms with Crippen LogP contribution in [0.25, 0.3) is 0 Å². The number of hydrogen-bond acceptors (Lipinski definition) is 2. The van der Waals surface area contributed by atoms with Crippen molar-refractivity contribution < 1.29 is 4.79 Å². The fourth-order valence-corrected chi connectivity index (χ4v) is 3.12. The SMILES string of the molecule is CC(NC(=O)C(C)(N)c1ccc(Br)cc1)C1CCCC1.Cl. The molecule has 1 aromatic carbocycles. The van der Waals surface area contributed by atoms with Gasteiger partial charge in [0.25, 0.3) is 0 Å². The van der Waals surface area contributed by atoms with Crippen molar-refractivity contribution in [2.24, 2.45) is 11.7 Å². The van der Waals surface area contributed by atoms with Crippen LogP contribution in [-0.4, -0.2) is 11.9 Å². The Morgan fingerprint density at radius 3 is 2.38 bits per heavy atom. The lowest BCUT2D eigenvalue weighted by Gasteiger charge is -2.28. The molecule has 0 bridgehead atoms. The van der Waals surface area contributed by atoms with E-state index in [1.807, 2.05) is 24.3 Å². The van der Waals surface area contributed by atoms with Crippen molar-refractivity contribution in [3.8, 4) is 0 Å². The van der Waals surface area contributed by atoms with Crippen LogP contribution in [0.2, 0.25) is 0 Å². The third-order valence-corrected chi connectivity index (χ3v) is 4.91. The molecule has 0 heterocycles. The maximum Gasteiger partial charge on any atom is 0.244 e. The highest BCUT2D eigenvalue weighted by Gasteiger charge is 2.33. The Balaban J connectivity index is 0.00000220. The Hall–Kier alpha value is -0.580. The smallest absolute Gasteiger partial charge is 0.244 e. The Kier molecular flexibility index (Phi) is 6.70. The third kappa shape index (κ3) is 4.44. The lowest BCUT2D eigenvalue weighted by Crippen LogP contribution is -2.52. The number of halogens is 2. The Bertz CT molecular complexity index is 470. The van der Waals surface area contributed by atoms with E-state index in [4.69, 9.17) is 5.73 Å². The van der Waals surface area contributed by atoms with E-state index in [1.54, 1.807) is 6.92 Å². The molecule has 0 radical (unpaired) electrons. The quantitative estimate of drug-likeness (QED) is 0.842. The van der Waals surface area contributed by atoms with E-state index in [1.165, 1.54) is 25.7 Å². The summed E-state index contributed by atoms with van der Waals surface area (Å²) in [5.41, 5.74) is 6.09. The van der Waals surface area contributed by atoms with Crippen LogP contribution in [-0.2, 0) is 10.3 Å². The molecule has 3 nitrogen and oxygen atoms in total. The highest BCUT2D eigenvalue weighted by molar-refractivity contribution is 9.10. The molecular formula is C16H24BrClN2O. The van der Waals surface area contributed by atoms with E-state index in [0.717, 1.165) is 10.0 Å². The molecule has 2 atom stereocenters. The number of nitrogens with two attached hydrogens (primary N) is 1. The van der Waals surface area contributed by atoms with Crippen LogP contribution >= 0.6 is 28.3 Å². The molecule has 0 spiro atoms. The van der Waals surface area contributed by atoms with Gasteiger partial charge in [-0.15, -0.1) is 12.4 Å². The van der Waals surface area contributed by atoms with Gasteiger partial charge in [0, 0.05) is 10.5 Å². The van der Waals surface area contributed by atoms with Gasteiger partial charge in [-0.1, -0.05) is 40.9 Å². The fraction of sp³-hybridized carbons (Fsp3) is 0.562. The van der Waals surface area contributed by atoms with Crippen molar-refractivity contribution in [2.45, 2.75) is 51.1 Å². The molecular weight excluding hydrogens is 352 g/mol. The van der Waals surface area contributed by atoms with Crippen molar-refractivity contribution in [1.82, 2.24) is 5.32 Å². The molecule has 0 aromatic heterocycles.